The summed E-state index contributed by atoms with van der Waals surface area (Å²) in [6, 6.07) is 6.03. The Morgan fingerprint density at radius 3 is 2.74 bits per heavy atom. The highest BCUT2D eigenvalue weighted by Crippen LogP contribution is 2.17. The fraction of sp³-hybridized carbons (Fsp3) is 0.533. The predicted molar refractivity (Wildman–Crippen MR) is 73.1 cm³/mol. The average molecular weight is 264 g/mol. The summed E-state index contributed by atoms with van der Waals surface area (Å²) in [6.07, 6.45) is 2.00. The number of carbonyl (C=O) groups is 1. The van der Waals surface area contributed by atoms with Crippen LogP contribution in [0.2, 0.25) is 0 Å². The van der Waals surface area contributed by atoms with Gasteiger partial charge in [-0.1, -0.05) is 19.1 Å². The van der Waals surface area contributed by atoms with Crippen molar-refractivity contribution in [3.05, 3.63) is 35.6 Å². The minimum atomic E-state index is -0.259. The zero-order valence-electron chi connectivity index (χ0n) is 11.4. The van der Waals surface area contributed by atoms with Gasteiger partial charge < -0.3 is 10.6 Å². The average Bonchev–Trinajstić information content (AvgIpc) is 2.39. The Bertz CT molecular complexity index is 432. The van der Waals surface area contributed by atoms with Gasteiger partial charge in [-0.2, -0.15) is 0 Å². The second-order valence-electron chi connectivity index (χ2n) is 5.42. The first-order valence-corrected chi connectivity index (χ1v) is 6.85. The predicted octanol–water partition coefficient (Wildman–Crippen LogP) is 2.39. The highest BCUT2D eigenvalue weighted by atomic mass is 19.1. The molecule has 0 radical (unpaired) electrons. The highest BCUT2D eigenvalue weighted by molar-refractivity contribution is 5.82. The number of hydrogen-bond acceptors (Lipinski definition) is 2. The van der Waals surface area contributed by atoms with Gasteiger partial charge in [0.2, 0.25) is 5.91 Å². The number of halogens is 1. The first-order valence-electron chi connectivity index (χ1n) is 6.85. The summed E-state index contributed by atoms with van der Waals surface area (Å²) in [5.41, 5.74) is 0.915. The number of carbonyl (C=O) groups excluding carboxylic acids is 1. The van der Waals surface area contributed by atoms with E-state index in [9.17, 15) is 9.18 Å². The molecular formula is C15H21FN2O. The van der Waals surface area contributed by atoms with Gasteiger partial charge in [0.25, 0.3) is 0 Å². The number of rotatable bonds is 3. The van der Waals surface area contributed by atoms with Crippen LogP contribution >= 0.6 is 0 Å². The number of nitrogens with one attached hydrogen (secondary N) is 2. The molecule has 1 amide bonds. The second-order valence-corrected chi connectivity index (χ2v) is 5.42. The van der Waals surface area contributed by atoms with E-state index in [1.165, 1.54) is 12.1 Å². The fourth-order valence-corrected chi connectivity index (χ4v) is 2.46. The lowest BCUT2D eigenvalue weighted by Crippen LogP contribution is -2.48. The molecule has 0 aromatic heterocycles. The molecule has 1 fully saturated rings. The lowest BCUT2D eigenvalue weighted by Gasteiger charge is -2.28. The van der Waals surface area contributed by atoms with Crippen molar-refractivity contribution in [2.45, 2.75) is 38.8 Å². The molecule has 1 saturated heterocycles. The van der Waals surface area contributed by atoms with Crippen LogP contribution in [0, 0.1) is 11.7 Å². The van der Waals surface area contributed by atoms with Crippen molar-refractivity contribution in [1.82, 2.24) is 10.6 Å². The molecule has 3 nitrogen and oxygen atoms in total. The standard InChI is InChI=1S/C15H21FN2O/c1-10-7-8-17-14(9-10)15(19)18-11(2)12-3-5-13(16)6-4-12/h3-6,10-11,14,17H,7-9H2,1-2H3,(H,18,19)/t10?,11-,14?/m1/s1. The van der Waals surface area contributed by atoms with E-state index < -0.39 is 0 Å². The Morgan fingerprint density at radius 2 is 2.11 bits per heavy atom. The van der Waals surface area contributed by atoms with E-state index in [0.717, 1.165) is 24.9 Å². The van der Waals surface area contributed by atoms with Gasteiger partial charge in [0.05, 0.1) is 12.1 Å². The molecule has 0 saturated carbocycles. The van der Waals surface area contributed by atoms with Gasteiger partial charge in [0.1, 0.15) is 5.82 Å². The fourth-order valence-electron chi connectivity index (χ4n) is 2.46. The largest absolute Gasteiger partial charge is 0.348 e. The third-order valence-corrected chi connectivity index (χ3v) is 3.71. The van der Waals surface area contributed by atoms with E-state index in [1.807, 2.05) is 6.92 Å². The van der Waals surface area contributed by atoms with E-state index in [0.29, 0.717) is 5.92 Å². The Morgan fingerprint density at radius 1 is 1.42 bits per heavy atom. The van der Waals surface area contributed by atoms with Crippen LogP contribution in [0.4, 0.5) is 4.39 Å². The maximum absolute atomic E-state index is 12.8. The Labute approximate surface area is 113 Å². The SMILES string of the molecule is CC1CCNC(C(=O)N[C@H](C)c2ccc(F)cc2)C1. The summed E-state index contributed by atoms with van der Waals surface area (Å²) >= 11 is 0. The first-order chi connectivity index (χ1) is 9.06. The van der Waals surface area contributed by atoms with E-state index >= 15 is 0 Å². The highest BCUT2D eigenvalue weighted by Gasteiger charge is 2.25. The van der Waals surface area contributed by atoms with Crippen LogP contribution in [0.15, 0.2) is 24.3 Å². The van der Waals surface area contributed by atoms with Gasteiger partial charge in [-0.25, -0.2) is 4.39 Å². The topological polar surface area (TPSA) is 41.1 Å². The molecule has 2 unspecified atom stereocenters. The van der Waals surface area contributed by atoms with Gasteiger partial charge in [-0.15, -0.1) is 0 Å². The summed E-state index contributed by atoms with van der Waals surface area (Å²) in [6.45, 7) is 4.98. The molecule has 1 heterocycles. The summed E-state index contributed by atoms with van der Waals surface area (Å²) in [4.78, 5) is 12.1. The summed E-state index contributed by atoms with van der Waals surface area (Å²) in [7, 11) is 0. The van der Waals surface area contributed by atoms with Crippen molar-refractivity contribution in [2.75, 3.05) is 6.54 Å². The van der Waals surface area contributed by atoms with E-state index in [4.69, 9.17) is 0 Å². The monoisotopic (exact) mass is 264 g/mol. The molecule has 2 N–H and O–H groups in total. The Balaban J connectivity index is 1.92. The summed E-state index contributed by atoms with van der Waals surface area (Å²) in [5, 5.41) is 6.23. The maximum Gasteiger partial charge on any atom is 0.237 e. The Kier molecular flexibility index (Phi) is 4.53. The molecule has 1 aromatic carbocycles. The lowest BCUT2D eigenvalue weighted by atomic mass is 9.93. The molecule has 2 rings (SSSR count). The molecule has 0 aliphatic carbocycles. The van der Waals surface area contributed by atoms with Crippen LogP contribution < -0.4 is 10.6 Å². The molecule has 104 valence electrons. The van der Waals surface area contributed by atoms with E-state index in [-0.39, 0.29) is 23.8 Å². The van der Waals surface area contributed by atoms with Crippen LogP contribution in [-0.2, 0) is 4.79 Å². The maximum atomic E-state index is 12.8. The normalized spacial score (nSPS) is 24.8. The zero-order chi connectivity index (χ0) is 13.8. The molecule has 0 spiro atoms. The van der Waals surface area contributed by atoms with Crippen molar-refractivity contribution >= 4 is 5.91 Å². The Hall–Kier alpha value is -1.42. The van der Waals surface area contributed by atoms with Crippen molar-refractivity contribution in [3.8, 4) is 0 Å². The molecule has 1 aliphatic heterocycles. The third-order valence-electron chi connectivity index (χ3n) is 3.71. The summed E-state index contributed by atoms with van der Waals surface area (Å²) < 4.78 is 12.8. The second kappa shape index (κ2) is 6.15. The van der Waals surface area contributed by atoms with Crippen molar-refractivity contribution in [3.63, 3.8) is 0 Å². The van der Waals surface area contributed by atoms with Crippen molar-refractivity contribution in [2.24, 2.45) is 5.92 Å². The molecule has 19 heavy (non-hydrogen) atoms. The minimum Gasteiger partial charge on any atom is -0.348 e. The number of benzene rings is 1. The zero-order valence-corrected chi connectivity index (χ0v) is 11.4. The molecule has 1 aromatic rings. The van der Waals surface area contributed by atoms with Gasteiger partial charge >= 0.3 is 0 Å². The number of piperidine rings is 1. The van der Waals surface area contributed by atoms with Crippen LogP contribution in [0.5, 0.6) is 0 Å². The molecule has 3 atom stereocenters. The number of hydrogen-bond donors (Lipinski definition) is 2. The third kappa shape index (κ3) is 3.77. The van der Waals surface area contributed by atoms with Gasteiger partial charge in [0.15, 0.2) is 0 Å². The van der Waals surface area contributed by atoms with Crippen LogP contribution in [0.3, 0.4) is 0 Å². The van der Waals surface area contributed by atoms with Crippen molar-refractivity contribution < 1.29 is 9.18 Å². The van der Waals surface area contributed by atoms with Crippen molar-refractivity contribution in [1.29, 1.82) is 0 Å². The quantitative estimate of drug-likeness (QED) is 0.880. The molecular weight excluding hydrogens is 243 g/mol. The number of amides is 1. The molecule has 4 heteroatoms. The smallest absolute Gasteiger partial charge is 0.237 e. The van der Waals surface area contributed by atoms with Crippen LogP contribution in [0.25, 0.3) is 0 Å². The van der Waals surface area contributed by atoms with Crippen LogP contribution in [0.1, 0.15) is 38.3 Å². The first kappa shape index (κ1) is 14.0. The molecule has 0 bridgehead atoms. The van der Waals surface area contributed by atoms with Gasteiger partial charge in [0, 0.05) is 0 Å². The van der Waals surface area contributed by atoms with E-state index in [1.54, 1.807) is 12.1 Å². The molecule has 1 aliphatic rings. The van der Waals surface area contributed by atoms with E-state index in [2.05, 4.69) is 17.6 Å². The van der Waals surface area contributed by atoms with Crippen LogP contribution in [-0.4, -0.2) is 18.5 Å². The lowest BCUT2D eigenvalue weighted by molar-refractivity contribution is -0.124. The minimum absolute atomic E-state index is 0.0309. The van der Waals surface area contributed by atoms with Gasteiger partial charge in [-0.05, 0) is 49.9 Å². The van der Waals surface area contributed by atoms with Gasteiger partial charge in [-0.3, -0.25) is 4.79 Å². The summed E-state index contributed by atoms with van der Waals surface area (Å²) in [5.74, 6) is 0.353.